The summed E-state index contributed by atoms with van der Waals surface area (Å²) in [4.78, 5) is 55.4. The van der Waals surface area contributed by atoms with Crippen LogP contribution < -0.4 is 16.4 Å². The zero-order chi connectivity index (χ0) is 25.7. The normalized spacial score (nSPS) is 18.3. The molecule has 3 amide bonds. The Kier molecular flexibility index (Phi) is 8.79. The van der Waals surface area contributed by atoms with Crippen molar-refractivity contribution in [3.05, 3.63) is 36.0 Å². The van der Waals surface area contributed by atoms with E-state index in [0.717, 1.165) is 16.5 Å². The summed E-state index contributed by atoms with van der Waals surface area (Å²) in [6.07, 6.45) is 2.99. The van der Waals surface area contributed by atoms with Crippen molar-refractivity contribution in [2.45, 2.75) is 57.3 Å². The quantitative estimate of drug-likeness (QED) is 0.262. The molecule has 6 N–H and O–H groups in total. The van der Waals surface area contributed by atoms with Gasteiger partial charge in [0, 0.05) is 35.8 Å². The fraction of sp³-hybridized carbons (Fsp3) is 0.500. The zero-order valence-corrected chi connectivity index (χ0v) is 20.8. The predicted molar refractivity (Wildman–Crippen MR) is 135 cm³/mol. The Labute approximate surface area is 209 Å². The Morgan fingerprint density at radius 2 is 1.94 bits per heavy atom. The van der Waals surface area contributed by atoms with Crippen LogP contribution in [-0.4, -0.2) is 75.1 Å². The van der Waals surface area contributed by atoms with E-state index in [1.165, 1.54) is 4.90 Å². The number of thiol groups is 1. The number of hydrogen-bond donors (Lipinski definition) is 6. The molecule has 3 rings (SSSR count). The van der Waals surface area contributed by atoms with E-state index in [1.807, 2.05) is 24.3 Å². The molecule has 0 bridgehead atoms. The van der Waals surface area contributed by atoms with Crippen LogP contribution in [0.4, 0.5) is 0 Å². The number of rotatable bonds is 10. The molecular weight excluding hydrogens is 470 g/mol. The van der Waals surface area contributed by atoms with Gasteiger partial charge in [-0.15, -0.1) is 0 Å². The summed E-state index contributed by atoms with van der Waals surface area (Å²) < 4.78 is 0. The smallest absolute Gasteiger partial charge is 0.326 e. The third kappa shape index (κ3) is 6.15. The van der Waals surface area contributed by atoms with Crippen LogP contribution in [0.3, 0.4) is 0 Å². The van der Waals surface area contributed by atoms with Gasteiger partial charge in [-0.25, -0.2) is 4.79 Å². The molecule has 1 aromatic carbocycles. The van der Waals surface area contributed by atoms with Crippen LogP contribution in [0.25, 0.3) is 10.9 Å². The first-order chi connectivity index (χ1) is 16.6. The van der Waals surface area contributed by atoms with Crippen LogP contribution in [0, 0.1) is 5.92 Å². The topological polar surface area (TPSA) is 158 Å². The minimum atomic E-state index is -1.15. The molecule has 0 aliphatic carbocycles. The number of amides is 3. The van der Waals surface area contributed by atoms with Gasteiger partial charge in [0.2, 0.25) is 17.7 Å². The first kappa shape index (κ1) is 26.6. The van der Waals surface area contributed by atoms with Crippen LogP contribution in [0.2, 0.25) is 0 Å². The summed E-state index contributed by atoms with van der Waals surface area (Å²) in [5.74, 6) is -2.79. The Balaban J connectivity index is 1.84. The lowest BCUT2D eigenvalue weighted by molar-refractivity contribution is -0.144. The summed E-state index contributed by atoms with van der Waals surface area (Å²) in [7, 11) is 0. The Bertz CT molecular complexity index is 1090. The van der Waals surface area contributed by atoms with Crippen molar-refractivity contribution in [2.24, 2.45) is 11.7 Å². The van der Waals surface area contributed by atoms with Crippen LogP contribution in [0.15, 0.2) is 30.5 Å². The maximum Gasteiger partial charge on any atom is 0.326 e. The molecule has 1 aliphatic rings. The Morgan fingerprint density at radius 1 is 1.23 bits per heavy atom. The molecule has 2 heterocycles. The molecule has 1 aromatic heterocycles. The van der Waals surface area contributed by atoms with Crippen LogP contribution in [0.5, 0.6) is 0 Å². The Morgan fingerprint density at radius 3 is 2.60 bits per heavy atom. The maximum absolute atomic E-state index is 13.3. The highest BCUT2D eigenvalue weighted by Gasteiger charge is 2.38. The van der Waals surface area contributed by atoms with E-state index in [9.17, 15) is 24.3 Å². The van der Waals surface area contributed by atoms with Crippen molar-refractivity contribution in [3.63, 3.8) is 0 Å². The van der Waals surface area contributed by atoms with Gasteiger partial charge in [-0.3, -0.25) is 14.4 Å². The van der Waals surface area contributed by atoms with Crippen molar-refractivity contribution in [2.75, 3.05) is 12.3 Å². The Hall–Kier alpha value is -3.05. The molecule has 0 saturated carbocycles. The van der Waals surface area contributed by atoms with Crippen LogP contribution in [-0.2, 0) is 25.6 Å². The van der Waals surface area contributed by atoms with Gasteiger partial charge in [0.25, 0.3) is 0 Å². The number of aromatic amines is 1. The van der Waals surface area contributed by atoms with E-state index in [-0.39, 0.29) is 24.0 Å². The number of nitrogens with one attached hydrogen (secondary N) is 3. The minimum absolute atomic E-state index is 0.142. The lowest BCUT2D eigenvalue weighted by Crippen LogP contribution is -2.57. The standard InChI is InChI=1S/C24H33N5O5S/c1-13(2)20(24(33)34)28-21(30)18(10-14-11-26-17-7-4-3-6-15(14)17)27-22(31)19-8-5-9-29(19)23(32)16(25)12-35/h3-4,6-7,11,13,16,18-20,26,35H,5,8-10,12,25H2,1-2H3,(H,27,31)(H,28,30)(H,33,34). The highest BCUT2D eigenvalue weighted by Crippen LogP contribution is 2.21. The van der Waals surface area contributed by atoms with Crippen molar-refractivity contribution < 1.29 is 24.3 Å². The summed E-state index contributed by atoms with van der Waals surface area (Å²) in [6.45, 7) is 3.78. The number of carbonyl (C=O) groups excluding carboxylic acids is 3. The summed E-state index contributed by atoms with van der Waals surface area (Å²) >= 11 is 4.08. The number of carboxylic acid groups (broad SMARTS) is 1. The van der Waals surface area contributed by atoms with Gasteiger partial charge in [0.1, 0.15) is 18.1 Å². The minimum Gasteiger partial charge on any atom is -0.480 e. The van der Waals surface area contributed by atoms with E-state index in [1.54, 1.807) is 20.0 Å². The second-order valence-corrected chi connectivity index (χ2v) is 9.54. The van der Waals surface area contributed by atoms with Crippen LogP contribution >= 0.6 is 12.6 Å². The number of hydrogen-bond acceptors (Lipinski definition) is 6. The lowest BCUT2D eigenvalue weighted by Gasteiger charge is -2.28. The molecule has 4 atom stereocenters. The fourth-order valence-electron chi connectivity index (χ4n) is 4.36. The van der Waals surface area contributed by atoms with Crippen molar-refractivity contribution in [3.8, 4) is 0 Å². The average Bonchev–Trinajstić information content (AvgIpc) is 3.48. The SMILES string of the molecule is CC(C)C(NC(=O)C(Cc1c[nH]c2ccccc12)NC(=O)C1CCCN1C(=O)C(N)CS)C(=O)O. The monoisotopic (exact) mass is 503 g/mol. The number of carbonyl (C=O) groups is 4. The first-order valence-electron chi connectivity index (χ1n) is 11.7. The molecule has 10 nitrogen and oxygen atoms in total. The number of likely N-dealkylation sites (tertiary alicyclic amines) is 1. The molecule has 190 valence electrons. The van der Waals surface area contributed by atoms with Gasteiger partial charge >= 0.3 is 5.97 Å². The predicted octanol–water partition coefficient (Wildman–Crippen LogP) is 0.669. The van der Waals surface area contributed by atoms with Gasteiger partial charge in [-0.2, -0.15) is 12.6 Å². The maximum atomic E-state index is 13.3. The second kappa shape index (κ2) is 11.6. The molecule has 1 fully saturated rings. The molecule has 0 radical (unpaired) electrons. The van der Waals surface area contributed by atoms with E-state index < -0.39 is 42.0 Å². The highest BCUT2D eigenvalue weighted by atomic mass is 32.1. The van der Waals surface area contributed by atoms with Gasteiger partial charge in [0.15, 0.2) is 0 Å². The molecule has 1 aliphatic heterocycles. The van der Waals surface area contributed by atoms with Gasteiger partial charge < -0.3 is 31.4 Å². The molecule has 11 heteroatoms. The molecule has 35 heavy (non-hydrogen) atoms. The molecular formula is C24H33N5O5S. The first-order valence-corrected chi connectivity index (χ1v) is 12.3. The van der Waals surface area contributed by atoms with E-state index >= 15 is 0 Å². The van der Waals surface area contributed by atoms with Gasteiger partial charge in [-0.05, 0) is 30.4 Å². The number of aliphatic carboxylic acids is 1. The second-order valence-electron chi connectivity index (χ2n) is 9.17. The number of benzene rings is 1. The van der Waals surface area contributed by atoms with E-state index in [0.29, 0.717) is 19.4 Å². The fourth-order valence-corrected chi connectivity index (χ4v) is 4.52. The van der Waals surface area contributed by atoms with E-state index in [4.69, 9.17) is 5.73 Å². The zero-order valence-electron chi connectivity index (χ0n) is 19.9. The van der Waals surface area contributed by atoms with E-state index in [2.05, 4.69) is 28.2 Å². The average molecular weight is 504 g/mol. The number of fused-ring (bicyclic) bond motifs is 1. The molecule has 0 spiro atoms. The summed E-state index contributed by atoms with van der Waals surface area (Å²) in [5, 5.41) is 15.8. The largest absolute Gasteiger partial charge is 0.480 e. The highest BCUT2D eigenvalue weighted by molar-refractivity contribution is 7.80. The number of nitrogens with two attached hydrogens (primary N) is 1. The van der Waals surface area contributed by atoms with Gasteiger partial charge in [0.05, 0.1) is 6.04 Å². The number of nitrogens with zero attached hydrogens (tertiary/aromatic N) is 1. The molecule has 4 unspecified atom stereocenters. The summed E-state index contributed by atoms with van der Waals surface area (Å²) in [5.41, 5.74) is 7.52. The number of aromatic nitrogens is 1. The van der Waals surface area contributed by atoms with Crippen LogP contribution in [0.1, 0.15) is 32.3 Å². The van der Waals surface area contributed by atoms with Gasteiger partial charge in [-0.1, -0.05) is 32.0 Å². The van der Waals surface area contributed by atoms with Crippen molar-refractivity contribution >= 4 is 47.2 Å². The summed E-state index contributed by atoms with van der Waals surface area (Å²) in [6, 6.07) is 3.84. The third-order valence-electron chi connectivity index (χ3n) is 6.31. The molecule has 1 saturated heterocycles. The lowest BCUT2D eigenvalue weighted by atomic mass is 10.0. The number of H-pyrrole nitrogens is 1. The third-order valence-corrected chi connectivity index (χ3v) is 6.71. The number of carboxylic acids is 1. The number of para-hydroxylation sites is 1. The van der Waals surface area contributed by atoms with Crippen molar-refractivity contribution in [1.29, 1.82) is 0 Å². The van der Waals surface area contributed by atoms with Crippen molar-refractivity contribution in [1.82, 2.24) is 20.5 Å². The molecule has 2 aromatic rings.